The van der Waals surface area contributed by atoms with Crippen LogP contribution in [-0.4, -0.2) is 18.6 Å². The zero-order chi connectivity index (χ0) is 14.4. The largest absolute Gasteiger partial charge is 0.492 e. The fourth-order valence-corrected chi connectivity index (χ4v) is 2.37. The van der Waals surface area contributed by atoms with Crippen molar-refractivity contribution in [3.05, 3.63) is 58.9 Å². The number of nitrogens with zero attached hydrogens (tertiary/aromatic N) is 1. The van der Waals surface area contributed by atoms with Crippen LogP contribution in [-0.2, 0) is 6.42 Å². The average molecular weight is 291 g/mol. The Balaban J connectivity index is 2.17. The summed E-state index contributed by atoms with van der Waals surface area (Å²) in [5, 5.41) is 4.08. The lowest BCUT2D eigenvalue weighted by Crippen LogP contribution is -2.19. The van der Waals surface area contributed by atoms with E-state index < -0.39 is 0 Å². The molecule has 1 unspecified atom stereocenters. The first-order valence-corrected chi connectivity index (χ1v) is 7.10. The number of pyridine rings is 1. The molecular weight excluding hydrogens is 272 g/mol. The third-order valence-electron chi connectivity index (χ3n) is 3.12. The Morgan fingerprint density at radius 3 is 2.85 bits per heavy atom. The maximum atomic E-state index is 6.03. The molecule has 0 aliphatic heterocycles. The standard InChI is InChI=1S/C16H19ClN2O/c1-3-20-15-9-13(10-19-11-15)16(18-2)8-12-5-4-6-14(17)7-12/h4-7,9-11,16,18H,3,8H2,1-2H3. The molecule has 3 nitrogen and oxygen atoms in total. The van der Waals surface area contributed by atoms with E-state index in [2.05, 4.69) is 16.4 Å². The third-order valence-corrected chi connectivity index (χ3v) is 3.36. The lowest BCUT2D eigenvalue weighted by molar-refractivity contribution is 0.338. The molecule has 0 aliphatic rings. The number of likely N-dealkylation sites (N-methyl/N-ethyl adjacent to an activating group) is 1. The molecule has 0 aliphatic carbocycles. The molecule has 0 amide bonds. The topological polar surface area (TPSA) is 34.1 Å². The van der Waals surface area contributed by atoms with Gasteiger partial charge in [0.05, 0.1) is 12.8 Å². The van der Waals surface area contributed by atoms with Crippen molar-refractivity contribution < 1.29 is 4.74 Å². The van der Waals surface area contributed by atoms with Crippen LogP contribution in [0.4, 0.5) is 0 Å². The summed E-state index contributed by atoms with van der Waals surface area (Å²) >= 11 is 6.03. The minimum atomic E-state index is 0.182. The average Bonchev–Trinajstić information content (AvgIpc) is 2.45. The van der Waals surface area contributed by atoms with Gasteiger partial charge in [-0.1, -0.05) is 23.7 Å². The van der Waals surface area contributed by atoms with Crippen molar-refractivity contribution in [3.63, 3.8) is 0 Å². The molecule has 0 radical (unpaired) electrons. The van der Waals surface area contributed by atoms with Gasteiger partial charge >= 0.3 is 0 Å². The molecule has 106 valence electrons. The Bertz CT molecular complexity index is 560. The molecule has 4 heteroatoms. The number of nitrogens with one attached hydrogen (secondary N) is 1. The van der Waals surface area contributed by atoms with Crippen molar-refractivity contribution in [1.82, 2.24) is 10.3 Å². The van der Waals surface area contributed by atoms with Gasteiger partial charge in [0.1, 0.15) is 5.75 Å². The minimum absolute atomic E-state index is 0.182. The predicted molar refractivity (Wildman–Crippen MR) is 82.4 cm³/mol. The summed E-state index contributed by atoms with van der Waals surface area (Å²) in [6.45, 7) is 2.61. The molecule has 2 aromatic rings. The molecule has 1 aromatic carbocycles. The van der Waals surface area contributed by atoms with Gasteiger partial charge in [0.25, 0.3) is 0 Å². The Labute approximate surface area is 124 Å². The highest BCUT2D eigenvalue weighted by molar-refractivity contribution is 6.30. The van der Waals surface area contributed by atoms with Gasteiger partial charge in [0, 0.05) is 17.3 Å². The van der Waals surface area contributed by atoms with E-state index in [0.29, 0.717) is 6.61 Å². The van der Waals surface area contributed by atoms with Crippen LogP contribution < -0.4 is 10.1 Å². The summed E-state index contributed by atoms with van der Waals surface area (Å²) in [7, 11) is 1.95. The molecular formula is C16H19ClN2O. The van der Waals surface area contributed by atoms with Gasteiger partial charge in [0.15, 0.2) is 0 Å². The highest BCUT2D eigenvalue weighted by Gasteiger charge is 2.12. The summed E-state index contributed by atoms with van der Waals surface area (Å²) in [4.78, 5) is 4.24. The molecule has 0 fully saturated rings. The number of benzene rings is 1. The lowest BCUT2D eigenvalue weighted by Gasteiger charge is -2.17. The quantitative estimate of drug-likeness (QED) is 0.882. The van der Waals surface area contributed by atoms with Gasteiger partial charge in [-0.15, -0.1) is 0 Å². The van der Waals surface area contributed by atoms with Crippen LogP contribution in [0.2, 0.25) is 5.02 Å². The zero-order valence-electron chi connectivity index (χ0n) is 11.8. The first kappa shape index (κ1) is 14.8. The van der Waals surface area contributed by atoms with Crippen molar-refractivity contribution in [3.8, 4) is 5.75 Å². The fraction of sp³-hybridized carbons (Fsp3) is 0.312. The number of hydrogen-bond acceptors (Lipinski definition) is 3. The molecule has 1 heterocycles. The van der Waals surface area contributed by atoms with Crippen LogP contribution in [0.5, 0.6) is 5.75 Å². The molecule has 1 atom stereocenters. The molecule has 0 saturated heterocycles. The van der Waals surface area contributed by atoms with Crippen LogP contribution in [0.1, 0.15) is 24.1 Å². The van der Waals surface area contributed by atoms with Gasteiger partial charge in [-0.2, -0.15) is 0 Å². The normalized spacial score (nSPS) is 12.2. The lowest BCUT2D eigenvalue weighted by atomic mass is 10.0. The fourth-order valence-electron chi connectivity index (χ4n) is 2.16. The van der Waals surface area contributed by atoms with Gasteiger partial charge < -0.3 is 10.1 Å². The summed E-state index contributed by atoms with van der Waals surface area (Å²) in [5.74, 6) is 0.802. The Kier molecular flexibility index (Phi) is 5.39. The second-order valence-electron chi connectivity index (χ2n) is 4.56. The van der Waals surface area contributed by atoms with Gasteiger partial charge in [-0.05, 0) is 49.7 Å². The molecule has 1 aromatic heterocycles. The van der Waals surface area contributed by atoms with Crippen molar-refractivity contribution in [2.75, 3.05) is 13.7 Å². The SMILES string of the molecule is CCOc1cncc(C(Cc2cccc(Cl)c2)NC)c1. The second kappa shape index (κ2) is 7.27. The van der Waals surface area contributed by atoms with Crippen molar-refractivity contribution in [1.29, 1.82) is 0 Å². The first-order chi connectivity index (χ1) is 9.72. The van der Waals surface area contributed by atoms with E-state index in [-0.39, 0.29) is 6.04 Å². The maximum absolute atomic E-state index is 6.03. The van der Waals surface area contributed by atoms with Crippen LogP contribution in [0, 0.1) is 0 Å². The highest BCUT2D eigenvalue weighted by Crippen LogP contribution is 2.22. The summed E-state index contributed by atoms with van der Waals surface area (Å²) in [5.41, 5.74) is 2.30. The third kappa shape index (κ3) is 3.95. The van der Waals surface area contributed by atoms with E-state index >= 15 is 0 Å². The Morgan fingerprint density at radius 1 is 1.30 bits per heavy atom. The molecule has 2 rings (SSSR count). The van der Waals surface area contributed by atoms with Crippen molar-refractivity contribution >= 4 is 11.6 Å². The number of aromatic nitrogens is 1. The van der Waals surface area contributed by atoms with E-state index in [1.165, 1.54) is 5.56 Å². The van der Waals surface area contributed by atoms with Crippen LogP contribution in [0.25, 0.3) is 0 Å². The highest BCUT2D eigenvalue weighted by atomic mass is 35.5. The van der Waals surface area contributed by atoms with E-state index in [0.717, 1.165) is 22.8 Å². The number of rotatable bonds is 6. The Morgan fingerprint density at radius 2 is 2.15 bits per heavy atom. The second-order valence-corrected chi connectivity index (χ2v) is 5.00. The number of ether oxygens (including phenoxy) is 1. The van der Waals surface area contributed by atoms with Crippen molar-refractivity contribution in [2.24, 2.45) is 0 Å². The van der Waals surface area contributed by atoms with E-state index in [9.17, 15) is 0 Å². The molecule has 0 saturated carbocycles. The number of halogens is 1. The predicted octanol–water partition coefficient (Wildman–Crippen LogP) is 3.64. The van der Waals surface area contributed by atoms with Crippen LogP contribution in [0.3, 0.4) is 0 Å². The van der Waals surface area contributed by atoms with Gasteiger partial charge in [-0.3, -0.25) is 4.98 Å². The molecule has 1 N–H and O–H groups in total. The number of hydrogen-bond donors (Lipinski definition) is 1. The summed E-state index contributed by atoms with van der Waals surface area (Å²) < 4.78 is 5.50. The summed E-state index contributed by atoms with van der Waals surface area (Å²) in [6, 6.07) is 10.1. The Hall–Kier alpha value is -1.58. The van der Waals surface area contributed by atoms with Gasteiger partial charge in [-0.25, -0.2) is 0 Å². The molecule has 0 bridgehead atoms. The van der Waals surface area contributed by atoms with E-state index in [4.69, 9.17) is 16.3 Å². The zero-order valence-corrected chi connectivity index (χ0v) is 12.5. The van der Waals surface area contributed by atoms with Crippen LogP contribution in [0.15, 0.2) is 42.7 Å². The molecule has 20 heavy (non-hydrogen) atoms. The monoisotopic (exact) mass is 290 g/mol. The summed E-state index contributed by atoms with van der Waals surface area (Å²) in [6.07, 6.45) is 4.46. The minimum Gasteiger partial charge on any atom is -0.492 e. The van der Waals surface area contributed by atoms with Gasteiger partial charge in [0.2, 0.25) is 0 Å². The smallest absolute Gasteiger partial charge is 0.137 e. The van der Waals surface area contributed by atoms with Crippen LogP contribution >= 0.6 is 11.6 Å². The maximum Gasteiger partial charge on any atom is 0.137 e. The van der Waals surface area contributed by atoms with E-state index in [1.54, 1.807) is 6.20 Å². The van der Waals surface area contributed by atoms with E-state index in [1.807, 2.05) is 44.4 Å². The molecule has 0 spiro atoms. The van der Waals surface area contributed by atoms with Crippen molar-refractivity contribution in [2.45, 2.75) is 19.4 Å². The first-order valence-electron chi connectivity index (χ1n) is 6.72.